The molecule has 130 valence electrons. The third-order valence-corrected chi connectivity index (χ3v) is 4.83. The van der Waals surface area contributed by atoms with E-state index in [0.717, 1.165) is 22.5 Å². The van der Waals surface area contributed by atoms with Gasteiger partial charge in [0.25, 0.3) is 0 Å². The van der Waals surface area contributed by atoms with E-state index in [1.807, 2.05) is 73.7 Å². The summed E-state index contributed by atoms with van der Waals surface area (Å²) in [7, 11) is 0. The quantitative estimate of drug-likeness (QED) is 0.422. The van der Waals surface area contributed by atoms with E-state index in [9.17, 15) is 10.5 Å². The van der Waals surface area contributed by atoms with E-state index in [4.69, 9.17) is 9.97 Å². The Bertz CT molecular complexity index is 1360. The predicted octanol–water partition coefficient (Wildman–Crippen LogP) is 3.95. The number of nitrogens with zero attached hydrogens (tertiary/aromatic N) is 6. The molecule has 6 heteroatoms. The fraction of sp³-hybridized carbons (Fsp3) is 0.0455. The van der Waals surface area contributed by atoms with Gasteiger partial charge in [-0.1, -0.05) is 42.5 Å². The molecular formula is C22H12N6. The van der Waals surface area contributed by atoms with Gasteiger partial charge in [-0.3, -0.25) is 0 Å². The zero-order valence-corrected chi connectivity index (χ0v) is 14.9. The fourth-order valence-corrected chi connectivity index (χ4v) is 3.60. The lowest BCUT2D eigenvalue weighted by atomic mass is 10.0. The SMILES string of the molecule is Cc1nn(-c2ccccc2)c2nc3c(nc12)C(=C(C#N)C#N)c1ccccc1-3. The van der Waals surface area contributed by atoms with E-state index in [-0.39, 0.29) is 5.57 Å². The Hall–Kier alpha value is -4.29. The van der Waals surface area contributed by atoms with Crippen LogP contribution in [0.1, 0.15) is 17.0 Å². The first-order valence-corrected chi connectivity index (χ1v) is 8.70. The smallest absolute Gasteiger partial charge is 0.182 e. The summed E-state index contributed by atoms with van der Waals surface area (Å²) < 4.78 is 1.78. The number of benzene rings is 2. The van der Waals surface area contributed by atoms with Crippen molar-refractivity contribution < 1.29 is 0 Å². The van der Waals surface area contributed by atoms with Crippen LogP contribution in [0.2, 0.25) is 0 Å². The molecule has 28 heavy (non-hydrogen) atoms. The van der Waals surface area contributed by atoms with Crippen molar-refractivity contribution >= 4 is 16.7 Å². The summed E-state index contributed by atoms with van der Waals surface area (Å²) in [6.45, 7) is 1.88. The van der Waals surface area contributed by atoms with Crippen LogP contribution in [0.4, 0.5) is 0 Å². The van der Waals surface area contributed by atoms with Crippen molar-refractivity contribution in [2.45, 2.75) is 6.92 Å². The second kappa shape index (κ2) is 5.87. The number of nitriles is 2. The normalized spacial score (nSPS) is 11.6. The lowest BCUT2D eigenvalue weighted by Gasteiger charge is -2.04. The van der Waals surface area contributed by atoms with Crippen molar-refractivity contribution in [2.75, 3.05) is 0 Å². The number of allylic oxidation sites excluding steroid dienone is 1. The van der Waals surface area contributed by atoms with Crippen molar-refractivity contribution in [3.8, 4) is 29.1 Å². The van der Waals surface area contributed by atoms with Gasteiger partial charge in [-0.05, 0) is 24.6 Å². The second-order valence-corrected chi connectivity index (χ2v) is 6.44. The summed E-state index contributed by atoms with van der Waals surface area (Å²) in [6.07, 6.45) is 0. The number of aryl methyl sites for hydroxylation is 1. The van der Waals surface area contributed by atoms with Crippen LogP contribution in [0, 0.1) is 29.6 Å². The maximum atomic E-state index is 9.46. The van der Waals surface area contributed by atoms with Gasteiger partial charge in [-0.15, -0.1) is 0 Å². The van der Waals surface area contributed by atoms with E-state index in [0.29, 0.717) is 28.1 Å². The third-order valence-electron chi connectivity index (χ3n) is 4.83. The number of hydrogen-bond acceptors (Lipinski definition) is 5. The van der Waals surface area contributed by atoms with Gasteiger partial charge in [0, 0.05) is 11.1 Å². The number of para-hydroxylation sites is 1. The van der Waals surface area contributed by atoms with Gasteiger partial charge in [0.2, 0.25) is 0 Å². The molecule has 0 radical (unpaired) electrons. The molecule has 6 nitrogen and oxygen atoms in total. The van der Waals surface area contributed by atoms with Gasteiger partial charge in [0.05, 0.1) is 17.1 Å². The van der Waals surface area contributed by atoms with Crippen LogP contribution in [-0.4, -0.2) is 19.7 Å². The highest BCUT2D eigenvalue weighted by Gasteiger charge is 2.31. The van der Waals surface area contributed by atoms with Gasteiger partial charge >= 0.3 is 0 Å². The number of aromatic nitrogens is 4. The highest BCUT2D eigenvalue weighted by atomic mass is 15.3. The first kappa shape index (κ1) is 15.9. The standard InChI is InChI=1S/C22H12N6/c1-13-19-22(28(27-13)15-7-3-2-4-8-15)26-20-17-10-6-5-9-16(17)18(21(20)25-19)14(11-23)12-24/h2-10H,1H3. The van der Waals surface area contributed by atoms with Crippen LogP contribution >= 0.6 is 0 Å². The molecule has 2 heterocycles. The molecule has 2 aromatic heterocycles. The van der Waals surface area contributed by atoms with Crippen LogP contribution in [0.3, 0.4) is 0 Å². The average Bonchev–Trinajstić information content (AvgIpc) is 3.24. The van der Waals surface area contributed by atoms with Crippen molar-refractivity contribution in [1.29, 1.82) is 10.5 Å². The molecule has 1 aliphatic carbocycles. The van der Waals surface area contributed by atoms with Gasteiger partial charge in [-0.2, -0.15) is 15.6 Å². The van der Waals surface area contributed by atoms with E-state index in [2.05, 4.69) is 5.10 Å². The second-order valence-electron chi connectivity index (χ2n) is 6.44. The Labute approximate surface area is 160 Å². The van der Waals surface area contributed by atoms with E-state index in [1.165, 1.54) is 0 Å². The molecule has 0 amide bonds. The lowest BCUT2D eigenvalue weighted by molar-refractivity contribution is 0.878. The predicted molar refractivity (Wildman–Crippen MR) is 104 cm³/mol. The molecule has 0 N–H and O–H groups in total. The first-order chi connectivity index (χ1) is 13.7. The van der Waals surface area contributed by atoms with Crippen LogP contribution in [-0.2, 0) is 0 Å². The molecule has 2 aromatic carbocycles. The average molecular weight is 360 g/mol. The largest absolute Gasteiger partial charge is 0.240 e. The van der Waals surface area contributed by atoms with Crippen molar-refractivity contribution in [1.82, 2.24) is 19.7 Å². The van der Waals surface area contributed by atoms with Crippen LogP contribution in [0.5, 0.6) is 0 Å². The number of rotatable bonds is 1. The molecular weight excluding hydrogens is 348 g/mol. The highest BCUT2D eigenvalue weighted by molar-refractivity contribution is 6.03. The molecule has 5 rings (SSSR count). The molecule has 0 bridgehead atoms. The molecule has 0 atom stereocenters. The lowest BCUT2D eigenvalue weighted by Crippen LogP contribution is -1.99. The fourth-order valence-electron chi connectivity index (χ4n) is 3.60. The van der Waals surface area contributed by atoms with E-state index < -0.39 is 0 Å². The zero-order valence-electron chi connectivity index (χ0n) is 14.9. The Morgan fingerprint density at radius 2 is 1.54 bits per heavy atom. The molecule has 0 saturated heterocycles. The summed E-state index contributed by atoms with van der Waals surface area (Å²) in [4.78, 5) is 9.69. The molecule has 0 saturated carbocycles. The Morgan fingerprint density at radius 3 is 2.25 bits per heavy atom. The Balaban J connectivity index is 1.90. The minimum atomic E-state index is 0.0351. The van der Waals surface area contributed by atoms with Crippen molar-refractivity contribution in [3.63, 3.8) is 0 Å². The zero-order chi connectivity index (χ0) is 19.3. The molecule has 0 unspecified atom stereocenters. The van der Waals surface area contributed by atoms with Gasteiger partial charge in [-0.25, -0.2) is 14.6 Å². The summed E-state index contributed by atoms with van der Waals surface area (Å²) in [5.74, 6) is 0. The van der Waals surface area contributed by atoms with E-state index >= 15 is 0 Å². The van der Waals surface area contributed by atoms with Crippen molar-refractivity contribution in [3.05, 3.63) is 77.1 Å². The Kier molecular flexibility index (Phi) is 3.34. The van der Waals surface area contributed by atoms with Gasteiger partial charge < -0.3 is 0 Å². The molecule has 0 spiro atoms. The van der Waals surface area contributed by atoms with E-state index in [1.54, 1.807) is 4.68 Å². The maximum absolute atomic E-state index is 9.46. The summed E-state index contributed by atoms with van der Waals surface area (Å²) >= 11 is 0. The third kappa shape index (κ3) is 2.09. The molecule has 4 aromatic rings. The van der Waals surface area contributed by atoms with Gasteiger partial charge in [0.1, 0.15) is 28.9 Å². The van der Waals surface area contributed by atoms with Crippen LogP contribution in [0.15, 0.2) is 60.2 Å². The minimum absolute atomic E-state index is 0.0351. The first-order valence-electron chi connectivity index (χ1n) is 8.70. The number of fused-ring (bicyclic) bond motifs is 4. The minimum Gasteiger partial charge on any atom is -0.240 e. The molecule has 1 aliphatic rings. The number of hydrogen-bond donors (Lipinski definition) is 0. The summed E-state index contributed by atoms with van der Waals surface area (Å²) in [5.41, 5.74) is 6.40. The molecule has 0 aliphatic heterocycles. The van der Waals surface area contributed by atoms with Crippen molar-refractivity contribution in [2.24, 2.45) is 0 Å². The Morgan fingerprint density at radius 1 is 0.857 bits per heavy atom. The van der Waals surface area contributed by atoms with Crippen LogP contribution in [0.25, 0.3) is 33.7 Å². The molecule has 0 fully saturated rings. The summed E-state index contributed by atoms with van der Waals surface area (Å²) in [5, 5.41) is 23.5. The topological polar surface area (TPSA) is 91.2 Å². The van der Waals surface area contributed by atoms with Crippen LogP contribution < -0.4 is 0 Å². The monoisotopic (exact) mass is 360 g/mol. The maximum Gasteiger partial charge on any atom is 0.182 e. The highest BCUT2D eigenvalue weighted by Crippen LogP contribution is 2.44. The van der Waals surface area contributed by atoms with Gasteiger partial charge in [0.15, 0.2) is 5.65 Å². The summed E-state index contributed by atoms with van der Waals surface area (Å²) in [6, 6.07) is 21.4.